The number of carbonyl (C=O) groups excluding carboxylic acids is 3. The highest BCUT2D eigenvalue weighted by molar-refractivity contribution is 5.85. The Hall–Kier alpha value is -8.94. The number of para-hydroxylation sites is 8. The van der Waals surface area contributed by atoms with Crippen molar-refractivity contribution >= 4 is 36.3 Å². The maximum atomic E-state index is 12.5. The maximum absolute atomic E-state index is 12.5. The first-order chi connectivity index (χ1) is 45.3. The monoisotopic (exact) mass is 1360 g/mol. The molecule has 0 saturated carbocycles. The van der Waals surface area contributed by atoms with Crippen LogP contribution in [0.1, 0.15) is 98.6 Å². The zero-order valence-corrected chi connectivity index (χ0v) is 58.4. The van der Waals surface area contributed by atoms with Crippen LogP contribution in [0.5, 0.6) is 46.0 Å². The number of hydrogen-bond acceptors (Lipinski definition) is 20. The molecule has 4 fully saturated rings. The first-order valence-electron chi connectivity index (χ1n) is 31.9. The van der Waals surface area contributed by atoms with Crippen molar-refractivity contribution in [3.63, 3.8) is 0 Å². The number of nitrogens with one attached hydrogen (secondary N) is 1. The predicted octanol–water partition coefficient (Wildman–Crippen LogP) is 9.26. The highest BCUT2D eigenvalue weighted by atomic mass is 35.5. The van der Waals surface area contributed by atoms with E-state index in [1.54, 1.807) is 75.6 Å². The number of phenolic OH excluding ortho intramolecular Hbond substituents is 1. The molecular weight excluding hydrogens is 1260 g/mol. The fourth-order valence-corrected chi connectivity index (χ4v) is 9.74. The van der Waals surface area contributed by atoms with Crippen molar-refractivity contribution in [2.24, 2.45) is 14.1 Å². The Labute approximate surface area is 570 Å². The molecule has 0 unspecified atom stereocenters. The molecule has 4 saturated heterocycles. The first-order valence-corrected chi connectivity index (χ1v) is 31.9. The molecule has 4 aliphatic rings. The zero-order valence-electron chi connectivity index (χ0n) is 57.6. The summed E-state index contributed by atoms with van der Waals surface area (Å²) in [4.78, 5) is 63.2. The molecule has 25 nitrogen and oxygen atoms in total. The quantitative estimate of drug-likeness (QED) is 0.0887. The van der Waals surface area contributed by atoms with E-state index in [1.807, 2.05) is 119 Å². The lowest BCUT2D eigenvalue weighted by Gasteiger charge is -2.33. The topological polar surface area (TPSA) is 292 Å². The van der Waals surface area contributed by atoms with E-state index in [0.29, 0.717) is 81.2 Å². The number of nitrogens with two attached hydrogens (primary N) is 1. The van der Waals surface area contributed by atoms with Gasteiger partial charge in [0.25, 0.3) is 11.1 Å². The molecule has 4 aromatic carbocycles. The number of aromatic hydroxyl groups is 1. The van der Waals surface area contributed by atoms with Crippen LogP contribution in [0.4, 0.5) is 15.4 Å². The average molecular weight is 1360 g/mol. The van der Waals surface area contributed by atoms with Crippen LogP contribution in [0.15, 0.2) is 131 Å². The standard InChI is InChI=1S/C19H23N3O4.C17H25NO4.C12H17NO2.C10H19NO3.C7H8O2.C5H7N3O.ClH/c1-21-18(23)8-7-14(20-21)13-19(24)22-11-9-15(10-12-22)26-17-6-4-3-5-16(17)25-2;1-17(2,3)22-16(19)18-11-9-13(10-12-18)21-15-8-6-5-7-14(15)20-4;1-14-11-4-2-3-5-12(11)15-10-6-8-13-9-7-10;1-10(2,3)14-9(13)11-6-4-8(12)5-7-11;1-9-7-5-3-2-4-6(7)8;1-8-5(9)3-2-4(6)7-8;/h3-8,15H,9-13H2,1-2H3;5-8,13H,9-12H2,1-4H3;2-5,10,13H,6-9H2,1H3;8,12H,4-7H2,1-3H3;2-5,8H,1H3;2-3H,1H3,(H2,6,7);1H. The second-order valence-electron chi connectivity index (χ2n) is 24.6. The van der Waals surface area contributed by atoms with E-state index in [0.717, 1.165) is 80.4 Å². The second-order valence-corrected chi connectivity index (χ2v) is 24.6. The number of methoxy groups -OCH3 is 4. The third kappa shape index (κ3) is 28.6. The van der Waals surface area contributed by atoms with Gasteiger partial charge in [0.1, 0.15) is 35.3 Å². The van der Waals surface area contributed by atoms with Gasteiger partial charge in [0, 0.05) is 91.2 Å². The number of halogens is 1. The molecule has 26 heteroatoms. The lowest BCUT2D eigenvalue weighted by molar-refractivity contribution is -0.132. The highest BCUT2D eigenvalue weighted by Crippen LogP contribution is 2.32. The van der Waals surface area contributed by atoms with Gasteiger partial charge in [-0.05, 0) is 141 Å². The number of piperidine rings is 4. The summed E-state index contributed by atoms with van der Waals surface area (Å²) in [5.41, 5.74) is 4.63. The fraction of sp³-hybridized carbons (Fsp3) is 0.500. The largest absolute Gasteiger partial charge is 0.504 e. The third-order valence-corrected chi connectivity index (χ3v) is 14.8. The molecule has 2 aromatic heterocycles. The highest BCUT2D eigenvalue weighted by Gasteiger charge is 2.30. The molecule has 10 rings (SSSR count). The second kappa shape index (κ2) is 40.5. The Morgan fingerprint density at radius 2 is 0.833 bits per heavy atom. The van der Waals surface area contributed by atoms with Crippen LogP contribution in [-0.2, 0) is 34.8 Å². The molecular formula is C70H100ClN9O16. The molecule has 0 aliphatic carbocycles. The Bertz CT molecular complexity index is 3400. The van der Waals surface area contributed by atoms with Gasteiger partial charge in [0.05, 0.1) is 46.7 Å². The van der Waals surface area contributed by atoms with Crippen molar-refractivity contribution in [1.29, 1.82) is 0 Å². The Balaban J connectivity index is 0.000000255. The molecule has 6 aromatic rings. The van der Waals surface area contributed by atoms with Gasteiger partial charge in [-0.3, -0.25) is 14.4 Å². The number of amides is 3. The summed E-state index contributed by atoms with van der Waals surface area (Å²) in [7, 11) is 9.58. The minimum absolute atomic E-state index is 0. The maximum Gasteiger partial charge on any atom is 0.410 e. The summed E-state index contributed by atoms with van der Waals surface area (Å²) in [6.45, 7) is 17.0. The SMILES string of the molecule is CC(C)(C)OC(=O)N1CCC(O)CC1.COc1ccccc1O.COc1ccccc1OC1CCN(C(=O)Cc2ccc(=O)n(C)n2)CC1.COc1ccccc1OC1CCN(C(=O)OC(C)(C)C)CC1.COc1ccccc1OC1CCNCC1.Cl.Cn1nc(N)ccc1=O. The van der Waals surface area contributed by atoms with Crippen LogP contribution in [0.3, 0.4) is 0 Å². The number of aliphatic hydroxyl groups is 1. The van der Waals surface area contributed by atoms with Crippen molar-refractivity contribution < 1.29 is 67.2 Å². The lowest BCUT2D eigenvalue weighted by atomic mass is 10.1. The van der Waals surface area contributed by atoms with E-state index in [-0.39, 0.29) is 72.1 Å². The molecule has 3 amide bonds. The van der Waals surface area contributed by atoms with E-state index in [9.17, 15) is 29.1 Å². The molecule has 4 aliphatic heterocycles. The van der Waals surface area contributed by atoms with Crippen LogP contribution in [0.2, 0.25) is 0 Å². The number of hydrogen-bond donors (Lipinski definition) is 4. The number of rotatable bonds is 12. The summed E-state index contributed by atoms with van der Waals surface area (Å²) in [6.07, 6.45) is 6.45. The number of phenols is 1. The van der Waals surface area contributed by atoms with E-state index in [2.05, 4.69) is 15.5 Å². The van der Waals surface area contributed by atoms with Gasteiger partial charge in [-0.25, -0.2) is 19.0 Å². The average Bonchev–Trinajstić information content (AvgIpc) is 1.01. The van der Waals surface area contributed by atoms with Crippen LogP contribution < -0.4 is 55.3 Å². The number of benzene rings is 4. The number of ether oxygens (including phenoxy) is 9. The van der Waals surface area contributed by atoms with E-state index < -0.39 is 11.2 Å². The van der Waals surface area contributed by atoms with Gasteiger partial charge in [-0.15, -0.1) is 12.4 Å². The van der Waals surface area contributed by atoms with Gasteiger partial charge in [-0.2, -0.15) is 10.2 Å². The molecule has 0 atom stereocenters. The number of nitrogens with zero attached hydrogens (tertiary/aromatic N) is 7. The molecule has 0 spiro atoms. The van der Waals surface area contributed by atoms with Crippen molar-refractivity contribution in [3.05, 3.63) is 148 Å². The van der Waals surface area contributed by atoms with Crippen molar-refractivity contribution in [2.45, 2.75) is 135 Å². The molecule has 528 valence electrons. The smallest absolute Gasteiger partial charge is 0.410 e. The normalized spacial score (nSPS) is 15.1. The van der Waals surface area contributed by atoms with Crippen molar-refractivity contribution in [3.8, 4) is 46.0 Å². The Morgan fingerprint density at radius 3 is 1.19 bits per heavy atom. The summed E-state index contributed by atoms with van der Waals surface area (Å²) in [6, 6.07) is 35.7. The number of likely N-dealkylation sites (tertiary alicyclic amines) is 3. The van der Waals surface area contributed by atoms with Crippen LogP contribution in [0, 0.1) is 0 Å². The number of aromatic nitrogens is 4. The summed E-state index contributed by atoms with van der Waals surface area (Å²) < 4.78 is 51.6. The van der Waals surface area contributed by atoms with Gasteiger partial charge >= 0.3 is 12.2 Å². The van der Waals surface area contributed by atoms with E-state index >= 15 is 0 Å². The lowest BCUT2D eigenvalue weighted by Crippen LogP contribution is -2.44. The van der Waals surface area contributed by atoms with Gasteiger partial charge in [-0.1, -0.05) is 48.5 Å². The minimum atomic E-state index is -0.457. The van der Waals surface area contributed by atoms with Gasteiger partial charge < -0.3 is 78.6 Å². The number of anilines is 1. The van der Waals surface area contributed by atoms with Crippen LogP contribution >= 0.6 is 12.4 Å². The fourth-order valence-electron chi connectivity index (χ4n) is 9.74. The van der Waals surface area contributed by atoms with E-state index in [1.165, 1.54) is 34.7 Å². The summed E-state index contributed by atoms with van der Waals surface area (Å²) in [5.74, 6) is 5.67. The van der Waals surface area contributed by atoms with Gasteiger partial charge in [0.2, 0.25) is 5.91 Å². The molecule has 6 heterocycles. The Morgan fingerprint density at radius 1 is 0.490 bits per heavy atom. The first kappa shape index (κ1) is 79.5. The molecule has 96 heavy (non-hydrogen) atoms. The van der Waals surface area contributed by atoms with Crippen molar-refractivity contribution in [2.75, 3.05) is 86.5 Å². The van der Waals surface area contributed by atoms with Crippen molar-refractivity contribution in [1.82, 2.24) is 39.6 Å². The molecule has 0 radical (unpaired) electrons. The zero-order chi connectivity index (χ0) is 69.5. The van der Waals surface area contributed by atoms with Gasteiger partial charge in [0.15, 0.2) is 46.0 Å². The number of nitrogen functional groups attached to an aromatic ring is 1. The summed E-state index contributed by atoms with van der Waals surface area (Å²) >= 11 is 0. The van der Waals surface area contributed by atoms with E-state index in [4.69, 9.17) is 53.5 Å². The number of aliphatic hydroxyl groups excluding tert-OH is 1. The number of aryl methyl sites for hydroxylation is 2. The van der Waals surface area contributed by atoms with Crippen LogP contribution in [-0.4, -0.2) is 179 Å². The third-order valence-electron chi connectivity index (χ3n) is 14.8. The summed E-state index contributed by atoms with van der Waals surface area (Å²) in [5, 5.41) is 29.3. The Kier molecular flexibility index (Phi) is 33.5. The molecule has 5 N–H and O–H groups in total. The predicted molar refractivity (Wildman–Crippen MR) is 369 cm³/mol. The number of carbonyl (C=O) groups is 3. The van der Waals surface area contributed by atoms with Crippen LogP contribution in [0.25, 0.3) is 0 Å². The molecule has 0 bridgehead atoms. The minimum Gasteiger partial charge on any atom is -0.504 e.